The van der Waals surface area contributed by atoms with Gasteiger partial charge in [-0.2, -0.15) is 0 Å². The number of carbonyl (C=O) groups excluding carboxylic acids is 1. The Labute approximate surface area is 142 Å². The lowest BCUT2D eigenvalue weighted by atomic mass is 10.4. The van der Waals surface area contributed by atoms with Gasteiger partial charge < -0.3 is 10.1 Å². The predicted octanol–water partition coefficient (Wildman–Crippen LogP) is 3.47. The number of aromatic nitrogens is 2. The van der Waals surface area contributed by atoms with Crippen LogP contribution in [0.2, 0.25) is 0 Å². The summed E-state index contributed by atoms with van der Waals surface area (Å²) in [5.41, 5.74) is 0.464. The second-order valence-corrected chi connectivity index (χ2v) is 6.47. The fraction of sp³-hybridized carbons (Fsp3) is 0.188. The average molecular weight is 345 g/mol. The van der Waals surface area contributed by atoms with Gasteiger partial charge in [-0.05, 0) is 30.0 Å². The van der Waals surface area contributed by atoms with E-state index in [1.54, 1.807) is 29.1 Å². The number of thiophene rings is 1. The Kier molecular flexibility index (Phi) is 5.33. The molecule has 5 nitrogen and oxygen atoms in total. The van der Waals surface area contributed by atoms with Crippen LogP contribution in [0.3, 0.4) is 0 Å². The highest BCUT2D eigenvalue weighted by atomic mass is 32.1. The van der Waals surface area contributed by atoms with E-state index < -0.39 is 0 Å². The number of thiazole rings is 1. The zero-order valence-electron chi connectivity index (χ0n) is 12.3. The van der Waals surface area contributed by atoms with E-state index in [0.717, 1.165) is 22.1 Å². The number of nitrogens with one attached hydrogen (secondary N) is 1. The quantitative estimate of drug-likeness (QED) is 0.666. The van der Waals surface area contributed by atoms with Gasteiger partial charge in [-0.15, -0.1) is 22.7 Å². The zero-order chi connectivity index (χ0) is 15.9. The summed E-state index contributed by atoms with van der Waals surface area (Å²) in [6.45, 7) is 1.08. The summed E-state index contributed by atoms with van der Waals surface area (Å²) in [5, 5.41) is 7.52. The number of pyridine rings is 1. The Morgan fingerprint density at radius 1 is 1.26 bits per heavy atom. The van der Waals surface area contributed by atoms with Gasteiger partial charge in [0.1, 0.15) is 16.5 Å². The maximum atomic E-state index is 12.0. The van der Waals surface area contributed by atoms with E-state index >= 15 is 0 Å². The van der Waals surface area contributed by atoms with Gasteiger partial charge in [-0.1, -0.05) is 6.07 Å². The predicted molar refractivity (Wildman–Crippen MR) is 92.1 cm³/mol. The minimum absolute atomic E-state index is 0.148. The molecule has 0 aliphatic rings. The lowest BCUT2D eigenvalue weighted by Gasteiger charge is -2.06. The molecule has 0 spiro atoms. The Bertz CT molecular complexity index is 742. The average Bonchev–Trinajstić information content (AvgIpc) is 3.26. The highest BCUT2D eigenvalue weighted by Gasteiger charge is 2.11. The number of hydrogen-bond acceptors (Lipinski definition) is 6. The van der Waals surface area contributed by atoms with Crippen molar-refractivity contribution in [2.75, 3.05) is 13.2 Å². The molecule has 3 aromatic heterocycles. The molecule has 0 aromatic carbocycles. The molecular weight excluding hydrogens is 330 g/mol. The smallest absolute Gasteiger partial charge is 0.270 e. The fourth-order valence-electron chi connectivity index (χ4n) is 1.88. The van der Waals surface area contributed by atoms with Crippen molar-refractivity contribution in [3.05, 3.63) is 53.1 Å². The third-order valence-electron chi connectivity index (χ3n) is 2.98. The van der Waals surface area contributed by atoms with E-state index in [1.807, 2.05) is 29.6 Å². The Hall–Kier alpha value is -2.25. The number of amides is 1. The van der Waals surface area contributed by atoms with E-state index in [4.69, 9.17) is 4.74 Å². The van der Waals surface area contributed by atoms with Gasteiger partial charge in [-0.25, -0.2) is 4.98 Å². The van der Waals surface area contributed by atoms with Gasteiger partial charge in [0.2, 0.25) is 0 Å². The third-order valence-corrected chi connectivity index (χ3v) is 4.86. The highest BCUT2D eigenvalue weighted by Crippen LogP contribution is 2.27. The number of rotatable bonds is 7. The van der Waals surface area contributed by atoms with Crippen molar-refractivity contribution in [2.45, 2.75) is 6.42 Å². The van der Waals surface area contributed by atoms with Crippen molar-refractivity contribution in [1.82, 2.24) is 15.3 Å². The molecule has 0 aliphatic carbocycles. The molecule has 0 aliphatic heterocycles. The molecule has 1 N–H and O–H groups in total. The highest BCUT2D eigenvalue weighted by molar-refractivity contribution is 7.20. The van der Waals surface area contributed by atoms with E-state index in [-0.39, 0.29) is 5.91 Å². The number of carbonyl (C=O) groups is 1. The molecule has 3 rings (SSSR count). The van der Waals surface area contributed by atoms with Gasteiger partial charge in [0.15, 0.2) is 0 Å². The lowest BCUT2D eigenvalue weighted by Crippen LogP contribution is -2.25. The largest absolute Gasteiger partial charge is 0.492 e. The monoisotopic (exact) mass is 345 g/mol. The van der Waals surface area contributed by atoms with Crippen LogP contribution in [-0.2, 0) is 0 Å². The molecule has 7 heteroatoms. The Balaban J connectivity index is 1.41. The summed E-state index contributed by atoms with van der Waals surface area (Å²) in [7, 11) is 0. The minimum atomic E-state index is -0.148. The molecule has 0 radical (unpaired) electrons. The van der Waals surface area contributed by atoms with E-state index in [0.29, 0.717) is 18.8 Å². The van der Waals surface area contributed by atoms with E-state index in [1.165, 1.54) is 11.3 Å². The van der Waals surface area contributed by atoms with Crippen molar-refractivity contribution < 1.29 is 9.53 Å². The molecule has 0 saturated carbocycles. The van der Waals surface area contributed by atoms with Crippen molar-refractivity contribution in [3.63, 3.8) is 0 Å². The van der Waals surface area contributed by atoms with Crippen LogP contribution in [0, 0.1) is 0 Å². The molecule has 0 atom stereocenters. The first-order valence-electron chi connectivity index (χ1n) is 7.13. The molecule has 0 unspecified atom stereocenters. The summed E-state index contributed by atoms with van der Waals surface area (Å²) < 4.78 is 5.52. The number of hydrogen-bond donors (Lipinski definition) is 1. The molecule has 1 amide bonds. The molecule has 3 heterocycles. The first-order valence-corrected chi connectivity index (χ1v) is 8.89. The second kappa shape index (κ2) is 7.85. The Morgan fingerprint density at radius 2 is 2.22 bits per heavy atom. The van der Waals surface area contributed by atoms with Gasteiger partial charge in [-0.3, -0.25) is 9.78 Å². The summed E-state index contributed by atoms with van der Waals surface area (Å²) in [6, 6.07) is 7.65. The summed E-state index contributed by atoms with van der Waals surface area (Å²) in [5.74, 6) is 0.587. The van der Waals surface area contributed by atoms with Crippen molar-refractivity contribution >= 4 is 28.6 Å². The van der Waals surface area contributed by atoms with E-state index in [9.17, 15) is 4.79 Å². The molecule has 0 bridgehead atoms. The topological polar surface area (TPSA) is 64.1 Å². The first-order chi connectivity index (χ1) is 11.3. The van der Waals surface area contributed by atoms with Crippen LogP contribution in [0.25, 0.3) is 9.88 Å². The zero-order valence-corrected chi connectivity index (χ0v) is 13.9. The minimum Gasteiger partial charge on any atom is -0.492 e. The standard InChI is InChI=1S/C16H15N3O2S2/c20-15(13-11-23-16(19-13)14-5-2-9-22-14)18-7-3-8-21-12-4-1-6-17-10-12/h1-2,4-6,9-11H,3,7-8H2,(H,18,20). The van der Waals surface area contributed by atoms with Crippen LogP contribution in [-0.4, -0.2) is 29.0 Å². The molecular formula is C16H15N3O2S2. The van der Waals surface area contributed by atoms with Crippen LogP contribution >= 0.6 is 22.7 Å². The van der Waals surface area contributed by atoms with Crippen LogP contribution in [0.1, 0.15) is 16.9 Å². The van der Waals surface area contributed by atoms with Crippen LogP contribution in [0.15, 0.2) is 47.4 Å². The number of nitrogens with zero attached hydrogens (tertiary/aromatic N) is 2. The fourth-order valence-corrected chi connectivity index (χ4v) is 3.49. The van der Waals surface area contributed by atoms with Crippen molar-refractivity contribution in [3.8, 4) is 15.6 Å². The Morgan fingerprint density at radius 3 is 3.00 bits per heavy atom. The third kappa shape index (κ3) is 4.37. The van der Waals surface area contributed by atoms with Crippen LogP contribution in [0.5, 0.6) is 5.75 Å². The maximum absolute atomic E-state index is 12.0. The molecule has 0 saturated heterocycles. The van der Waals surface area contributed by atoms with Gasteiger partial charge >= 0.3 is 0 Å². The van der Waals surface area contributed by atoms with Crippen LogP contribution in [0.4, 0.5) is 0 Å². The SMILES string of the molecule is O=C(NCCCOc1cccnc1)c1csc(-c2cccs2)n1. The maximum Gasteiger partial charge on any atom is 0.270 e. The summed E-state index contributed by atoms with van der Waals surface area (Å²) in [6.07, 6.45) is 4.09. The second-order valence-electron chi connectivity index (χ2n) is 4.66. The van der Waals surface area contributed by atoms with Gasteiger partial charge in [0.25, 0.3) is 5.91 Å². The molecule has 0 fully saturated rings. The van der Waals surface area contributed by atoms with Gasteiger partial charge in [0.05, 0.1) is 17.7 Å². The normalized spacial score (nSPS) is 10.4. The summed E-state index contributed by atoms with van der Waals surface area (Å²) in [4.78, 5) is 21.5. The number of ether oxygens (including phenoxy) is 1. The first kappa shape index (κ1) is 15.6. The lowest BCUT2D eigenvalue weighted by molar-refractivity contribution is 0.0947. The molecule has 118 valence electrons. The van der Waals surface area contributed by atoms with Crippen LogP contribution < -0.4 is 10.1 Å². The van der Waals surface area contributed by atoms with Gasteiger partial charge in [0, 0.05) is 18.1 Å². The summed E-state index contributed by atoms with van der Waals surface area (Å²) >= 11 is 3.10. The van der Waals surface area contributed by atoms with E-state index in [2.05, 4.69) is 15.3 Å². The van der Waals surface area contributed by atoms with Crippen molar-refractivity contribution in [2.24, 2.45) is 0 Å². The molecule has 3 aromatic rings. The van der Waals surface area contributed by atoms with Crippen molar-refractivity contribution in [1.29, 1.82) is 0 Å². The molecule has 23 heavy (non-hydrogen) atoms.